The van der Waals surface area contributed by atoms with Crippen LogP contribution in [0.2, 0.25) is 0 Å². The molecule has 194 valence electrons. The highest BCUT2D eigenvalue weighted by molar-refractivity contribution is 7.99. The second-order valence-corrected chi connectivity index (χ2v) is 10.1. The first-order chi connectivity index (χ1) is 17.7. The van der Waals surface area contributed by atoms with Gasteiger partial charge in [0.25, 0.3) is 0 Å². The lowest BCUT2D eigenvalue weighted by atomic mass is 10.1. The minimum atomic E-state index is -0.167. The van der Waals surface area contributed by atoms with Gasteiger partial charge in [0.2, 0.25) is 0 Å². The SMILES string of the molecule is CCCCCCCN(CCCCCSc1nc(-c2ccccc2)c(-c2ccccc2)[nH]1)C(=O)OCC. The molecule has 0 fully saturated rings. The van der Waals surface area contributed by atoms with E-state index >= 15 is 0 Å². The molecule has 3 rings (SSSR count). The maximum atomic E-state index is 12.3. The Hall–Kier alpha value is -2.73. The number of aromatic nitrogens is 2. The first kappa shape index (κ1) is 27.9. The van der Waals surface area contributed by atoms with Crippen LogP contribution in [0.15, 0.2) is 65.8 Å². The summed E-state index contributed by atoms with van der Waals surface area (Å²) in [6.07, 6.45) is 8.98. The van der Waals surface area contributed by atoms with E-state index in [0.29, 0.717) is 6.61 Å². The molecule has 0 aliphatic carbocycles. The second kappa shape index (κ2) is 16.1. The highest BCUT2D eigenvalue weighted by Gasteiger charge is 2.15. The van der Waals surface area contributed by atoms with Crippen LogP contribution in [-0.4, -0.2) is 46.4 Å². The van der Waals surface area contributed by atoms with Gasteiger partial charge >= 0.3 is 6.09 Å². The molecule has 3 aromatic rings. The highest BCUT2D eigenvalue weighted by Crippen LogP contribution is 2.32. The fourth-order valence-electron chi connectivity index (χ4n) is 4.20. The summed E-state index contributed by atoms with van der Waals surface area (Å²) in [6, 6.07) is 20.7. The van der Waals surface area contributed by atoms with Crippen molar-refractivity contribution in [2.75, 3.05) is 25.4 Å². The molecule has 1 aromatic heterocycles. The summed E-state index contributed by atoms with van der Waals surface area (Å²) >= 11 is 1.77. The Morgan fingerprint density at radius 1 is 0.833 bits per heavy atom. The zero-order valence-electron chi connectivity index (χ0n) is 21.9. The van der Waals surface area contributed by atoms with E-state index in [1.807, 2.05) is 24.0 Å². The normalized spacial score (nSPS) is 10.9. The van der Waals surface area contributed by atoms with Crippen molar-refractivity contribution in [2.24, 2.45) is 0 Å². The third-order valence-electron chi connectivity index (χ3n) is 6.16. The molecular formula is C30H41N3O2S. The van der Waals surface area contributed by atoms with Crippen molar-refractivity contribution in [3.8, 4) is 22.5 Å². The first-order valence-corrected chi connectivity index (χ1v) is 14.5. The van der Waals surface area contributed by atoms with Gasteiger partial charge in [-0.2, -0.15) is 0 Å². The quantitative estimate of drug-likeness (QED) is 0.156. The third kappa shape index (κ3) is 9.05. The molecule has 2 aromatic carbocycles. The van der Waals surface area contributed by atoms with E-state index in [1.54, 1.807) is 11.8 Å². The van der Waals surface area contributed by atoms with E-state index in [1.165, 1.54) is 25.7 Å². The van der Waals surface area contributed by atoms with Gasteiger partial charge in [-0.1, -0.05) is 111 Å². The molecular weight excluding hydrogens is 466 g/mol. The summed E-state index contributed by atoms with van der Waals surface area (Å²) in [5.41, 5.74) is 4.32. The maximum absolute atomic E-state index is 12.3. The van der Waals surface area contributed by atoms with Gasteiger partial charge in [0.1, 0.15) is 0 Å². The fraction of sp³-hybridized carbons (Fsp3) is 0.467. The summed E-state index contributed by atoms with van der Waals surface area (Å²) < 4.78 is 5.28. The van der Waals surface area contributed by atoms with Crippen molar-refractivity contribution in [3.05, 3.63) is 60.7 Å². The molecule has 0 saturated heterocycles. The predicted octanol–water partition coefficient (Wildman–Crippen LogP) is 8.44. The summed E-state index contributed by atoms with van der Waals surface area (Å²) in [4.78, 5) is 22.7. The topological polar surface area (TPSA) is 58.2 Å². The molecule has 0 aliphatic rings. The number of thioether (sulfide) groups is 1. The molecule has 6 heteroatoms. The Balaban J connectivity index is 1.48. The van der Waals surface area contributed by atoms with E-state index < -0.39 is 0 Å². The molecule has 0 radical (unpaired) electrons. The third-order valence-corrected chi connectivity index (χ3v) is 7.12. The summed E-state index contributed by atoms with van der Waals surface area (Å²) in [5.74, 6) is 0.992. The van der Waals surface area contributed by atoms with Crippen LogP contribution in [0.3, 0.4) is 0 Å². The Bertz CT molecular complexity index is 951. The molecule has 36 heavy (non-hydrogen) atoms. The van der Waals surface area contributed by atoms with Crippen LogP contribution in [0.5, 0.6) is 0 Å². The van der Waals surface area contributed by atoms with E-state index in [9.17, 15) is 4.79 Å². The largest absolute Gasteiger partial charge is 0.450 e. The number of nitrogens with one attached hydrogen (secondary N) is 1. The average Bonchev–Trinajstić information content (AvgIpc) is 3.34. The molecule has 1 amide bonds. The fourth-order valence-corrected chi connectivity index (χ4v) is 5.08. The Morgan fingerprint density at radius 3 is 2.08 bits per heavy atom. The summed E-state index contributed by atoms with van der Waals surface area (Å²) in [7, 11) is 0. The van der Waals surface area contributed by atoms with Crippen LogP contribution < -0.4 is 0 Å². The van der Waals surface area contributed by atoms with Crippen molar-refractivity contribution in [1.82, 2.24) is 14.9 Å². The lowest BCUT2D eigenvalue weighted by molar-refractivity contribution is 0.105. The Morgan fingerprint density at radius 2 is 1.44 bits per heavy atom. The lowest BCUT2D eigenvalue weighted by Crippen LogP contribution is -2.33. The number of aromatic amines is 1. The molecule has 1 heterocycles. The van der Waals surface area contributed by atoms with E-state index in [2.05, 4.69) is 60.4 Å². The second-order valence-electron chi connectivity index (χ2n) is 9.01. The standard InChI is InChI=1S/C30H41N3O2S/c1-3-5-6-7-15-22-33(30(34)35-4-2)23-16-10-17-24-36-29-31-27(25-18-11-8-12-19-25)28(32-29)26-20-13-9-14-21-26/h8-9,11-14,18-21H,3-7,10,15-17,22-24H2,1-2H3,(H,31,32). The minimum Gasteiger partial charge on any atom is -0.450 e. The number of nitrogens with zero attached hydrogens (tertiary/aromatic N) is 2. The van der Waals surface area contributed by atoms with Crippen LogP contribution in [-0.2, 0) is 4.74 Å². The molecule has 0 saturated carbocycles. The number of carbonyl (C=O) groups excluding carboxylic acids is 1. The van der Waals surface area contributed by atoms with Crippen molar-refractivity contribution in [2.45, 2.75) is 70.4 Å². The number of ether oxygens (including phenoxy) is 1. The minimum absolute atomic E-state index is 0.167. The summed E-state index contributed by atoms with van der Waals surface area (Å²) in [6.45, 7) is 6.10. The van der Waals surface area contributed by atoms with E-state index in [-0.39, 0.29) is 6.09 Å². The first-order valence-electron chi connectivity index (χ1n) is 13.5. The summed E-state index contributed by atoms with van der Waals surface area (Å²) in [5, 5.41) is 0.952. The number of imidazole rings is 1. The zero-order valence-corrected chi connectivity index (χ0v) is 22.7. The van der Waals surface area contributed by atoms with Crippen molar-refractivity contribution < 1.29 is 9.53 Å². The number of unbranched alkanes of at least 4 members (excludes halogenated alkanes) is 6. The number of benzene rings is 2. The van der Waals surface area contributed by atoms with Crippen LogP contribution in [0.25, 0.3) is 22.5 Å². The van der Waals surface area contributed by atoms with Gasteiger partial charge in [0.15, 0.2) is 5.16 Å². The molecule has 0 spiro atoms. The average molecular weight is 508 g/mol. The highest BCUT2D eigenvalue weighted by atomic mass is 32.2. The number of amides is 1. The number of H-pyrrole nitrogens is 1. The molecule has 1 N–H and O–H groups in total. The van der Waals surface area contributed by atoms with Gasteiger partial charge < -0.3 is 14.6 Å². The number of rotatable bonds is 16. The van der Waals surface area contributed by atoms with Gasteiger partial charge in [0.05, 0.1) is 18.0 Å². The van der Waals surface area contributed by atoms with Gasteiger partial charge in [-0.25, -0.2) is 9.78 Å². The van der Waals surface area contributed by atoms with Gasteiger partial charge in [0, 0.05) is 30.0 Å². The predicted molar refractivity (Wildman–Crippen MR) is 151 cm³/mol. The molecule has 0 aliphatic heterocycles. The molecule has 0 atom stereocenters. The van der Waals surface area contributed by atoms with Crippen LogP contribution in [0, 0.1) is 0 Å². The lowest BCUT2D eigenvalue weighted by Gasteiger charge is -2.21. The van der Waals surface area contributed by atoms with Crippen LogP contribution in [0.1, 0.15) is 65.2 Å². The van der Waals surface area contributed by atoms with Crippen molar-refractivity contribution in [3.63, 3.8) is 0 Å². The molecule has 0 bridgehead atoms. The molecule has 0 unspecified atom stereocenters. The number of carbonyl (C=O) groups is 1. The van der Waals surface area contributed by atoms with Crippen LogP contribution >= 0.6 is 11.8 Å². The smallest absolute Gasteiger partial charge is 0.409 e. The zero-order chi connectivity index (χ0) is 25.4. The van der Waals surface area contributed by atoms with Gasteiger partial charge in [-0.15, -0.1) is 0 Å². The van der Waals surface area contributed by atoms with Gasteiger partial charge in [-0.05, 0) is 26.2 Å². The van der Waals surface area contributed by atoms with E-state index in [0.717, 1.165) is 72.2 Å². The monoisotopic (exact) mass is 507 g/mol. The van der Waals surface area contributed by atoms with Crippen molar-refractivity contribution >= 4 is 17.9 Å². The molecule has 5 nitrogen and oxygen atoms in total. The van der Waals surface area contributed by atoms with Crippen LogP contribution in [0.4, 0.5) is 4.79 Å². The number of hydrogen-bond donors (Lipinski definition) is 1. The maximum Gasteiger partial charge on any atom is 0.409 e. The Kier molecular flexibility index (Phi) is 12.5. The Labute approximate surface area is 221 Å². The van der Waals surface area contributed by atoms with E-state index in [4.69, 9.17) is 9.72 Å². The van der Waals surface area contributed by atoms with Gasteiger partial charge in [-0.3, -0.25) is 0 Å². The number of hydrogen-bond acceptors (Lipinski definition) is 4. The van der Waals surface area contributed by atoms with Crippen molar-refractivity contribution in [1.29, 1.82) is 0 Å².